The van der Waals surface area contributed by atoms with E-state index >= 15 is 0 Å². The van der Waals surface area contributed by atoms with E-state index in [0.717, 1.165) is 57.1 Å². The van der Waals surface area contributed by atoms with E-state index in [0.29, 0.717) is 36.5 Å². The molecule has 2 heterocycles. The number of hydrogen-bond donors (Lipinski definition) is 1. The quantitative estimate of drug-likeness (QED) is 0.446. The first kappa shape index (κ1) is 25.8. The number of piperidine rings is 1. The normalized spacial score (nSPS) is 47.3. The molecule has 0 aromatic heterocycles. The lowest BCUT2D eigenvalue weighted by atomic mass is 9.56. The van der Waals surface area contributed by atoms with Crippen LogP contribution in [-0.2, 0) is 19.1 Å². The second-order valence-electron chi connectivity index (χ2n) is 13.5. The van der Waals surface area contributed by atoms with Crippen LogP contribution in [0.4, 0.5) is 0 Å². The number of carbonyl (C=O) groups is 2. The fourth-order valence-electron chi connectivity index (χ4n) is 9.90. The zero-order chi connectivity index (χ0) is 26.3. The molecule has 4 fully saturated rings. The highest BCUT2D eigenvalue weighted by Crippen LogP contribution is 2.64. The van der Waals surface area contributed by atoms with Crippen molar-refractivity contribution in [2.45, 2.75) is 103 Å². The fraction of sp³-hybridized carbons (Fsp3) is 0.806. The van der Waals surface area contributed by atoms with Gasteiger partial charge in [-0.2, -0.15) is 0 Å². The standard InChI is InChI=1S/C31H45NO5/c1-17-14-24-28(32(16-17)13-10-25(34)36-5)19(3)31(37-24)12-9-22-23-7-6-20-15-21(33)8-11-30(20,4)27(23)29(35)26(22)18(31)2/h6,17,19,21-24,27-28,33H,7-16H2,1-5H3/t17-,19+,21-,22-,23-,24+,27+,28-,30-,31-/m0/s1. The lowest BCUT2D eigenvalue weighted by Gasteiger charge is -2.48. The largest absolute Gasteiger partial charge is 0.469 e. The van der Waals surface area contributed by atoms with Gasteiger partial charge in [-0.15, -0.1) is 0 Å². The Balaban J connectivity index is 1.33. The van der Waals surface area contributed by atoms with Gasteiger partial charge in [-0.25, -0.2) is 0 Å². The summed E-state index contributed by atoms with van der Waals surface area (Å²) in [5.41, 5.74) is 3.10. The van der Waals surface area contributed by atoms with Gasteiger partial charge >= 0.3 is 5.97 Å². The first-order chi connectivity index (χ1) is 17.6. The summed E-state index contributed by atoms with van der Waals surface area (Å²) >= 11 is 0. The SMILES string of the molecule is COC(=O)CCN1C[C@@H](C)C[C@H]2O[C@]3(CC[C@@H]4C(=C3C)C(=O)[C@H]3[C@H]4CC=C4C[C@@H](O)CC[C@@]43C)[C@H](C)[C@@H]21. The Morgan fingerprint density at radius 3 is 2.81 bits per heavy atom. The molecule has 0 unspecified atom stereocenters. The van der Waals surface area contributed by atoms with Crippen LogP contribution in [0.5, 0.6) is 0 Å². The maximum absolute atomic E-state index is 14.3. The number of aliphatic hydroxyl groups is 1. The third-order valence-electron chi connectivity index (χ3n) is 11.7. The summed E-state index contributed by atoms with van der Waals surface area (Å²) in [6.45, 7) is 10.8. The van der Waals surface area contributed by atoms with Crippen molar-refractivity contribution >= 4 is 11.8 Å². The highest BCUT2D eigenvalue weighted by Gasteiger charge is 2.64. The molecule has 6 heteroatoms. The molecule has 4 aliphatic carbocycles. The lowest BCUT2D eigenvalue weighted by Crippen LogP contribution is -2.52. The van der Waals surface area contributed by atoms with E-state index in [1.54, 1.807) is 0 Å². The maximum atomic E-state index is 14.3. The Bertz CT molecular complexity index is 1050. The van der Waals surface area contributed by atoms with Gasteiger partial charge in [0.05, 0.1) is 31.3 Å². The van der Waals surface area contributed by atoms with Crippen LogP contribution >= 0.6 is 0 Å². The van der Waals surface area contributed by atoms with E-state index in [1.165, 1.54) is 18.3 Å². The van der Waals surface area contributed by atoms with Crippen LogP contribution in [0.1, 0.15) is 79.1 Å². The van der Waals surface area contributed by atoms with Crippen LogP contribution in [0.2, 0.25) is 0 Å². The van der Waals surface area contributed by atoms with Gasteiger partial charge in [0.1, 0.15) is 0 Å². The summed E-state index contributed by atoms with van der Waals surface area (Å²) in [5, 5.41) is 10.3. The first-order valence-electron chi connectivity index (χ1n) is 14.7. The van der Waals surface area contributed by atoms with Crippen molar-refractivity contribution in [2.75, 3.05) is 20.2 Å². The third-order valence-corrected chi connectivity index (χ3v) is 11.7. The van der Waals surface area contributed by atoms with Gasteiger partial charge in [-0.05, 0) is 80.6 Å². The Morgan fingerprint density at radius 2 is 2.05 bits per heavy atom. The summed E-state index contributed by atoms with van der Waals surface area (Å²) in [7, 11) is 1.46. The lowest BCUT2D eigenvalue weighted by molar-refractivity contribution is -0.141. The van der Waals surface area contributed by atoms with Gasteiger partial charge in [0, 0.05) is 36.5 Å². The van der Waals surface area contributed by atoms with Crippen molar-refractivity contribution < 1.29 is 24.2 Å². The molecule has 10 atom stereocenters. The minimum Gasteiger partial charge on any atom is -0.469 e. The molecule has 0 aromatic rings. The molecule has 204 valence electrons. The number of methoxy groups -OCH3 is 1. The number of Topliss-reactive ketones (excluding diaryl/α,β-unsaturated/α-hetero) is 1. The number of ketones is 1. The predicted molar refractivity (Wildman–Crippen MR) is 141 cm³/mol. The fourth-order valence-corrected chi connectivity index (χ4v) is 9.90. The molecule has 6 nitrogen and oxygen atoms in total. The molecule has 1 N–H and O–H groups in total. The highest BCUT2D eigenvalue weighted by atomic mass is 16.5. The number of aliphatic hydroxyl groups excluding tert-OH is 1. The summed E-state index contributed by atoms with van der Waals surface area (Å²) in [5.74, 6) is 1.74. The average molecular weight is 512 g/mol. The van der Waals surface area contributed by atoms with Gasteiger partial charge < -0.3 is 14.6 Å². The Kier molecular flexibility index (Phi) is 6.28. The van der Waals surface area contributed by atoms with Gasteiger partial charge in [0.25, 0.3) is 0 Å². The monoisotopic (exact) mass is 511 g/mol. The number of hydrogen-bond acceptors (Lipinski definition) is 6. The van der Waals surface area contributed by atoms with E-state index in [2.05, 4.69) is 38.7 Å². The number of nitrogens with zero attached hydrogens (tertiary/aromatic N) is 1. The molecule has 0 bridgehead atoms. The zero-order valence-electron chi connectivity index (χ0n) is 23.3. The molecule has 0 amide bonds. The summed E-state index contributed by atoms with van der Waals surface area (Å²) in [6.07, 6.45) is 9.05. The van der Waals surface area contributed by atoms with Crippen LogP contribution in [-0.4, -0.2) is 65.8 Å². The number of likely N-dealkylation sites (tertiary alicyclic amines) is 1. The second-order valence-corrected chi connectivity index (χ2v) is 13.5. The molecule has 2 aliphatic heterocycles. The highest BCUT2D eigenvalue weighted by molar-refractivity contribution is 6.02. The summed E-state index contributed by atoms with van der Waals surface area (Å²) < 4.78 is 12.0. The van der Waals surface area contributed by atoms with E-state index in [4.69, 9.17) is 9.47 Å². The third kappa shape index (κ3) is 3.68. The van der Waals surface area contributed by atoms with Crippen LogP contribution in [0.15, 0.2) is 22.8 Å². The smallest absolute Gasteiger partial charge is 0.306 e. The Hall–Kier alpha value is -1.50. The minimum atomic E-state index is -0.391. The summed E-state index contributed by atoms with van der Waals surface area (Å²) in [6, 6.07) is 0.261. The minimum absolute atomic E-state index is 0.0423. The van der Waals surface area contributed by atoms with Gasteiger partial charge in [0.2, 0.25) is 0 Å². The van der Waals surface area contributed by atoms with Crippen molar-refractivity contribution in [2.24, 2.45) is 35.0 Å². The molecule has 1 spiro atoms. The van der Waals surface area contributed by atoms with Gasteiger partial charge in [-0.1, -0.05) is 32.4 Å². The maximum Gasteiger partial charge on any atom is 0.306 e. The number of fused-ring (bicyclic) bond motifs is 6. The molecule has 2 saturated heterocycles. The Morgan fingerprint density at radius 1 is 1.27 bits per heavy atom. The van der Waals surface area contributed by atoms with E-state index in [1.807, 2.05) is 0 Å². The van der Waals surface area contributed by atoms with Crippen molar-refractivity contribution in [3.8, 4) is 0 Å². The number of rotatable bonds is 3. The van der Waals surface area contributed by atoms with Crippen LogP contribution in [0.25, 0.3) is 0 Å². The number of carbonyl (C=O) groups excluding carboxylic acids is 2. The van der Waals surface area contributed by atoms with E-state index < -0.39 is 5.60 Å². The first-order valence-corrected chi connectivity index (χ1v) is 14.7. The van der Waals surface area contributed by atoms with Crippen LogP contribution < -0.4 is 0 Å². The molecule has 37 heavy (non-hydrogen) atoms. The van der Waals surface area contributed by atoms with E-state index in [9.17, 15) is 14.7 Å². The number of esters is 1. The molecule has 0 aromatic carbocycles. The zero-order valence-corrected chi connectivity index (χ0v) is 23.3. The van der Waals surface area contributed by atoms with Crippen molar-refractivity contribution in [1.29, 1.82) is 0 Å². The Labute approximate surface area is 221 Å². The van der Waals surface area contributed by atoms with Gasteiger partial charge in [-0.3, -0.25) is 14.5 Å². The number of ether oxygens (including phenoxy) is 2. The van der Waals surface area contributed by atoms with Crippen LogP contribution in [0, 0.1) is 35.0 Å². The molecule has 6 aliphatic rings. The molecular formula is C31H45NO5. The number of allylic oxidation sites excluding steroid dienone is 2. The average Bonchev–Trinajstić information content (AvgIpc) is 3.32. The molecule has 2 saturated carbocycles. The molecular weight excluding hydrogens is 466 g/mol. The van der Waals surface area contributed by atoms with Crippen molar-refractivity contribution in [3.05, 3.63) is 22.8 Å². The van der Waals surface area contributed by atoms with E-state index in [-0.39, 0.29) is 41.5 Å². The summed E-state index contributed by atoms with van der Waals surface area (Å²) in [4.78, 5) is 28.8. The van der Waals surface area contributed by atoms with Gasteiger partial charge in [0.15, 0.2) is 5.78 Å². The molecule has 6 rings (SSSR count). The topological polar surface area (TPSA) is 76.1 Å². The molecule has 0 radical (unpaired) electrons. The van der Waals surface area contributed by atoms with Crippen molar-refractivity contribution in [1.82, 2.24) is 4.90 Å². The van der Waals surface area contributed by atoms with Crippen molar-refractivity contribution in [3.63, 3.8) is 0 Å². The second kappa shape index (κ2) is 9.02. The predicted octanol–water partition coefficient (Wildman–Crippen LogP) is 4.46. The van der Waals surface area contributed by atoms with Crippen LogP contribution in [0.3, 0.4) is 0 Å².